The van der Waals surface area contributed by atoms with Crippen molar-refractivity contribution in [3.05, 3.63) is 63.0 Å². The van der Waals surface area contributed by atoms with Crippen LogP contribution in [0.15, 0.2) is 58.3 Å². The van der Waals surface area contributed by atoms with Crippen LogP contribution in [0.1, 0.15) is 17.3 Å². The number of nitrogens with one attached hydrogen (secondary N) is 1. The Morgan fingerprint density at radius 3 is 2.93 bits per heavy atom. The normalized spacial score (nSPS) is 10.9. The maximum atomic E-state index is 12.4. The zero-order chi connectivity index (χ0) is 18.8. The molecule has 0 spiro atoms. The highest BCUT2D eigenvalue weighted by Gasteiger charge is 2.14. The van der Waals surface area contributed by atoms with Crippen LogP contribution >= 0.6 is 33.9 Å². The topological polar surface area (TPSA) is 64.4 Å². The van der Waals surface area contributed by atoms with E-state index in [4.69, 9.17) is 9.15 Å². The van der Waals surface area contributed by atoms with Gasteiger partial charge in [-0.15, -0.1) is 11.3 Å². The van der Waals surface area contributed by atoms with E-state index in [1.54, 1.807) is 6.07 Å². The predicted molar refractivity (Wildman–Crippen MR) is 116 cm³/mol. The molecule has 2 aromatic heterocycles. The molecule has 5 nitrogen and oxygen atoms in total. The van der Waals surface area contributed by atoms with Crippen molar-refractivity contribution in [2.24, 2.45) is 0 Å². The first kappa shape index (κ1) is 18.0. The highest BCUT2D eigenvalue weighted by molar-refractivity contribution is 14.1. The molecule has 0 bridgehead atoms. The Morgan fingerprint density at radius 2 is 2.11 bits per heavy atom. The molecular weight excluding hydrogens is 475 g/mol. The molecule has 0 fully saturated rings. The maximum Gasteiger partial charge on any atom is 0.258 e. The number of aromatic nitrogens is 1. The number of rotatable bonds is 5. The molecule has 0 aliphatic carbocycles. The monoisotopic (exact) mass is 490 g/mol. The lowest BCUT2D eigenvalue weighted by molar-refractivity contribution is 0.102. The highest BCUT2D eigenvalue weighted by Crippen LogP contribution is 2.32. The number of hydrogen-bond acceptors (Lipinski definition) is 5. The third-order valence-corrected chi connectivity index (χ3v) is 5.59. The van der Waals surface area contributed by atoms with E-state index in [0.717, 1.165) is 20.3 Å². The highest BCUT2D eigenvalue weighted by atomic mass is 127. The van der Waals surface area contributed by atoms with E-state index in [9.17, 15) is 4.79 Å². The van der Waals surface area contributed by atoms with Crippen LogP contribution < -0.4 is 10.1 Å². The van der Waals surface area contributed by atoms with E-state index in [1.807, 2.05) is 54.8 Å². The van der Waals surface area contributed by atoms with Gasteiger partial charge in [-0.1, -0.05) is 12.1 Å². The summed E-state index contributed by atoms with van der Waals surface area (Å²) in [5, 5.41) is 6.20. The molecule has 0 saturated carbocycles. The number of halogens is 1. The third kappa shape index (κ3) is 3.84. The fraction of sp³-hybridized carbons (Fsp3) is 0.100. The van der Waals surface area contributed by atoms with Gasteiger partial charge in [-0.25, -0.2) is 4.98 Å². The van der Waals surface area contributed by atoms with Gasteiger partial charge in [0.15, 0.2) is 10.9 Å². The Hall–Kier alpha value is -2.39. The molecule has 4 aromatic rings. The largest absolute Gasteiger partial charge is 0.494 e. The lowest BCUT2D eigenvalue weighted by Crippen LogP contribution is -2.13. The van der Waals surface area contributed by atoms with Crippen LogP contribution in [0.25, 0.3) is 22.4 Å². The first-order valence-electron chi connectivity index (χ1n) is 8.32. The number of amides is 1. The van der Waals surface area contributed by atoms with Crippen LogP contribution in [-0.2, 0) is 0 Å². The van der Waals surface area contributed by atoms with E-state index in [1.165, 1.54) is 11.3 Å². The summed E-state index contributed by atoms with van der Waals surface area (Å²) < 4.78 is 12.3. The Labute approximate surface area is 173 Å². The summed E-state index contributed by atoms with van der Waals surface area (Å²) >= 11 is 3.51. The van der Waals surface area contributed by atoms with Gasteiger partial charge >= 0.3 is 0 Å². The molecule has 4 rings (SSSR count). The van der Waals surface area contributed by atoms with Gasteiger partial charge in [0.2, 0.25) is 0 Å². The molecule has 136 valence electrons. The SMILES string of the molecule is CCOc1ccc2oc(-c3csc(NC(=O)c4ccccc4I)n3)cc2c1. The molecule has 0 aliphatic rings. The molecule has 0 aliphatic heterocycles. The van der Waals surface area contributed by atoms with E-state index in [0.29, 0.717) is 28.8 Å². The molecule has 2 heterocycles. The lowest BCUT2D eigenvalue weighted by atomic mass is 10.2. The van der Waals surface area contributed by atoms with Crippen molar-refractivity contribution >= 4 is 55.9 Å². The second kappa shape index (κ2) is 7.69. The zero-order valence-electron chi connectivity index (χ0n) is 14.4. The van der Waals surface area contributed by atoms with E-state index >= 15 is 0 Å². The molecule has 7 heteroatoms. The number of anilines is 1. The van der Waals surface area contributed by atoms with Crippen molar-refractivity contribution in [2.75, 3.05) is 11.9 Å². The molecule has 1 N–H and O–H groups in total. The Bertz CT molecular complexity index is 1120. The summed E-state index contributed by atoms with van der Waals surface area (Å²) in [6, 6.07) is 15.1. The Kier molecular flexibility index (Phi) is 5.13. The zero-order valence-corrected chi connectivity index (χ0v) is 17.3. The van der Waals surface area contributed by atoms with Gasteiger partial charge < -0.3 is 9.15 Å². The van der Waals surface area contributed by atoms with Crippen LogP contribution in [0.4, 0.5) is 5.13 Å². The minimum atomic E-state index is -0.174. The molecule has 1 amide bonds. The van der Waals surface area contributed by atoms with Gasteiger partial charge in [-0.05, 0) is 65.9 Å². The Morgan fingerprint density at radius 1 is 1.26 bits per heavy atom. The van der Waals surface area contributed by atoms with Crippen LogP contribution in [0.3, 0.4) is 0 Å². The average molecular weight is 490 g/mol. The first-order valence-corrected chi connectivity index (χ1v) is 10.3. The van der Waals surface area contributed by atoms with Crippen molar-refractivity contribution in [2.45, 2.75) is 6.92 Å². The fourth-order valence-corrected chi connectivity index (χ4v) is 3.99. The molecule has 2 aromatic carbocycles. The first-order chi connectivity index (χ1) is 13.1. The number of carbonyl (C=O) groups excluding carboxylic acids is 1. The number of hydrogen-bond donors (Lipinski definition) is 1. The van der Waals surface area contributed by atoms with Gasteiger partial charge in [0.1, 0.15) is 17.0 Å². The van der Waals surface area contributed by atoms with Crippen LogP contribution in [0, 0.1) is 3.57 Å². The van der Waals surface area contributed by atoms with Crippen molar-refractivity contribution in [1.29, 1.82) is 0 Å². The summed E-state index contributed by atoms with van der Waals surface area (Å²) in [4.78, 5) is 16.9. The number of furan rings is 1. The molecule has 0 saturated heterocycles. The third-order valence-electron chi connectivity index (χ3n) is 3.89. The van der Waals surface area contributed by atoms with E-state index < -0.39 is 0 Å². The van der Waals surface area contributed by atoms with Gasteiger partial charge in [0.25, 0.3) is 5.91 Å². The van der Waals surface area contributed by atoms with Crippen LogP contribution in [0.5, 0.6) is 5.75 Å². The summed E-state index contributed by atoms with van der Waals surface area (Å²) in [5.74, 6) is 1.29. The molecule has 0 unspecified atom stereocenters. The van der Waals surface area contributed by atoms with Gasteiger partial charge in [-0.2, -0.15) is 0 Å². The number of benzene rings is 2. The van der Waals surface area contributed by atoms with Crippen LogP contribution in [0.2, 0.25) is 0 Å². The molecule has 27 heavy (non-hydrogen) atoms. The standard InChI is InChI=1S/C20H15IN2O3S/c1-2-25-13-7-8-17-12(9-13)10-18(26-17)16-11-27-20(22-16)23-19(24)14-5-3-4-6-15(14)21/h3-11H,2H2,1H3,(H,22,23,24). The summed E-state index contributed by atoms with van der Waals surface area (Å²) in [6.07, 6.45) is 0. The number of nitrogens with zero attached hydrogens (tertiary/aromatic N) is 1. The second-order valence-electron chi connectivity index (χ2n) is 5.72. The summed E-state index contributed by atoms with van der Waals surface area (Å²) in [7, 11) is 0. The molecule has 0 radical (unpaired) electrons. The van der Waals surface area contributed by atoms with Crippen molar-refractivity contribution in [1.82, 2.24) is 4.98 Å². The number of carbonyl (C=O) groups is 1. The second-order valence-corrected chi connectivity index (χ2v) is 7.74. The van der Waals surface area contributed by atoms with E-state index in [2.05, 4.69) is 32.9 Å². The van der Waals surface area contributed by atoms with Gasteiger partial charge in [-0.3, -0.25) is 10.1 Å². The van der Waals surface area contributed by atoms with Gasteiger partial charge in [0, 0.05) is 14.3 Å². The minimum absolute atomic E-state index is 0.174. The molecule has 0 atom stereocenters. The lowest BCUT2D eigenvalue weighted by Gasteiger charge is -2.03. The van der Waals surface area contributed by atoms with Crippen molar-refractivity contribution in [3.8, 4) is 17.2 Å². The van der Waals surface area contributed by atoms with Crippen molar-refractivity contribution in [3.63, 3.8) is 0 Å². The fourth-order valence-electron chi connectivity index (χ4n) is 2.66. The molecular formula is C20H15IN2O3S. The van der Waals surface area contributed by atoms with Gasteiger partial charge in [0.05, 0.1) is 12.2 Å². The number of ether oxygens (including phenoxy) is 1. The summed E-state index contributed by atoms with van der Waals surface area (Å²) in [6.45, 7) is 2.57. The quantitative estimate of drug-likeness (QED) is 0.359. The summed E-state index contributed by atoms with van der Waals surface area (Å²) in [5.41, 5.74) is 2.08. The number of thiazole rings is 1. The minimum Gasteiger partial charge on any atom is -0.494 e. The Balaban J connectivity index is 1.56. The predicted octanol–water partition coefficient (Wildman–Crippen LogP) is 5.81. The van der Waals surface area contributed by atoms with E-state index in [-0.39, 0.29) is 5.91 Å². The van der Waals surface area contributed by atoms with Crippen molar-refractivity contribution < 1.29 is 13.9 Å². The average Bonchev–Trinajstić information content (AvgIpc) is 3.28. The maximum absolute atomic E-state index is 12.4. The number of fused-ring (bicyclic) bond motifs is 1. The van der Waals surface area contributed by atoms with Crippen LogP contribution in [-0.4, -0.2) is 17.5 Å². The smallest absolute Gasteiger partial charge is 0.258 e.